The summed E-state index contributed by atoms with van der Waals surface area (Å²) in [5.41, 5.74) is 2.49. The van der Waals surface area contributed by atoms with E-state index in [1.165, 1.54) is 16.1 Å². The summed E-state index contributed by atoms with van der Waals surface area (Å²) in [7, 11) is 0. The average Bonchev–Trinajstić information content (AvgIpc) is 2.68. The molecule has 26 heavy (non-hydrogen) atoms. The number of benzene rings is 2. The Balaban J connectivity index is 1.41. The van der Waals surface area contributed by atoms with E-state index in [9.17, 15) is 5.11 Å². The van der Waals surface area contributed by atoms with Gasteiger partial charge in [-0.2, -0.15) is 0 Å². The van der Waals surface area contributed by atoms with E-state index >= 15 is 0 Å². The van der Waals surface area contributed by atoms with Crippen LogP contribution in [0.25, 0.3) is 0 Å². The van der Waals surface area contributed by atoms with Crippen molar-refractivity contribution >= 4 is 17.4 Å². The molecule has 1 aliphatic heterocycles. The van der Waals surface area contributed by atoms with Crippen molar-refractivity contribution in [1.29, 1.82) is 0 Å². The fourth-order valence-electron chi connectivity index (χ4n) is 3.31. The van der Waals surface area contributed by atoms with Gasteiger partial charge in [-0.05, 0) is 49.1 Å². The first-order chi connectivity index (χ1) is 12.7. The third-order valence-electron chi connectivity index (χ3n) is 4.77. The van der Waals surface area contributed by atoms with Crippen LogP contribution in [0, 0.1) is 6.92 Å². The van der Waals surface area contributed by atoms with E-state index in [0.29, 0.717) is 13.2 Å². The van der Waals surface area contributed by atoms with Crippen molar-refractivity contribution in [2.45, 2.75) is 17.9 Å². The van der Waals surface area contributed by atoms with Crippen molar-refractivity contribution in [3.63, 3.8) is 0 Å². The van der Waals surface area contributed by atoms with E-state index in [4.69, 9.17) is 4.74 Å². The number of hydrogen-bond acceptors (Lipinski definition) is 5. The van der Waals surface area contributed by atoms with E-state index in [2.05, 4.69) is 53.3 Å². The Bertz CT molecular complexity index is 688. The number of nitrogens with zero attached hydrogens (tertiary/aromatic N) is 2. The number of rotatable bonds is 7. The quantitative estimate of drug-likeness (QED) is 0.755. The molecule has 2 aromatic carbocycles. The van der Waals surface area contributed by atoms with Gasteiger partial charge in [-0.25, -0.2) is 0 Å². The summed E-state index contributed by atoms with van der Waals surface area (Å²) in [6.45, 7) is 6.99. The first-order valence-electron chi connectivity index (χ1n) is 9.13. The zero-order valence-electron chi connectivity index (χ0n) is 15.6. The summed E-state index contributed by atoms with van der Waals surface area (Å²) < 4.78 is 5.78. The number of thioether (sulfide) groups is 1. The van der Waals surface area contributed by atoms with Crippen LogP contribution in [0.5, 0.6) is 5.75 Å². The number of aliphatic hydroxyl groups is 1. The number of para-hydroxylation sites is 1. The van der Waals surface area contributed by atoms with Gasteiger partial charge in [0, 0.05) is 43.3 Å². The minimum atomic E-state index is -0.473. The van der Waals surface area contributed by atoms with Crippen LogP contribution in [-0.2, 0) is 0 Å². The predicted molar refractivity (Wildman–Crippen MR) is 110 cm³/mol. The molecule has 1 fully saturated rings. The van der Waals surface area contributed by atoms with Crippen LogP contribution >= 0.6 is 11.8 Å². The molecule has 1 aliphatic rings. The molecule has 0 aliphatic carbocycles. The summed E-state index contributed by atoms with van der Waals surface area (Å²) in [5.74, 6) is 0.827. The monoisotopic (exact) mass is 372 g/mol. The highest BCUT2D eigenvalue weighted by Gasteiger charge is 2.19. The molecule has 0 saturated carbocycles. The number of ether oxygens (including phenoxy) is 1. The Morgan fingerprint density at radius 2 is 1.81 bits per heavy atom. The third kappa shape index (κ3) is 5.16. The molecular formula is C21H28N2O2S. The third-order valence-corrected chi connectivity index (χ3v) is 5.67. The Kier molecular flexibility index (Phi) is 6.83. The van der Waals surface area contributed by atoms with E-state index in [1.807, 2.05) is 18.2 Å². The van der Waals surface area contributed by atoms with Crippen molar-refractivity contribution in [3.05, 3.63) is 54.1 Å². The van der Waals surface area contributed by atoms with E-state index in [-0.39, 0.29) is 0 Å². The molecule has 5 heteroatoms. The van der Waals surface area contributed by atoms with Gasteiger partial charge in [-0.15, -0.1) is 11.8 Å². The Morgan fingerprint density at radius 3 is 2.46 bits per heavy atom. The minimum absolute atomic E-state index is 0.330. The highest BCUT2D eigenvalue weighted by Crippen LogP contribution is 2.24. The first-order valence-corrected chi connectivity index (χ1v) is 10.4. The molecule has 2 aromatic rings. The highest BCUT2D eigenvalue weighted by atomic mass is 32.2. The molecule has 0 aromatic heterocycles. The first kappa shape index (κ1) is 19.1. The van der Waals surface area contributed by atoms with Gasteiger partial charge < -0.3 is 14.7 Å². The average molecular weight is 373 g/mol. The van der Waals surface area contributed by atoms with Crippen molar-refractivity contribution < 1.29 is 9.84 Å². The Hall–Kier alpha value is -1.69. The summed E-state index contributed by atoms with van der Waals surface area (Å²) in [4.78, 5) is 5.97. The van der Waals surface area contributed by atoms with Crippen molar-refractivity contribution in [3.8, 4) is 5.75 Å². The largest absolute Gasteiger partial charge is 0.491 e. The van der Waals surface area contributed by atoms with Gasteiger partial charge in [-0.3, -0.25) is 4.90 Å². The molecular weight excluding hydrogens is 344 g/mol. The molecule has 1 heterocycles. The number of hydrogen-bond donors (Lipinski definition) is 1. The lowest BCUT2D eigenvalue weighted by Crippen LogP contribution is -2.49. The zero-order chi connectivity index (χ0) is 18.4. The van der Waals surface area contributed by atoms with Crippen molar-refractivity contribution in [2.24, 2.45) is 0 Å². The van der Waals surface area contributed by atoms with Gasteiger partial charge in [0.1, 0.15) is 18.5 Å². The second-order valence-electron chi connectivity index (χ2n) is 6.72. The normalized spacial score (nSPS) is 16.5. The SMILES string of the molecule is CSc1ccc(OCC(O)CN2CCN(c3ccccc3)CC2)cc1C. The molecule has 3 rings (SSSR count). The van der Waals surface area contributed by atoms with Gasteiger partial charge in [0.15, 0.2) is 0 Å². The van der Waals surface area contributed by atoms with Crippen molar-refractivity contribution in [2.75, 3.05) is 50.5 Å². The number of aliphatic hydroxyl groups excluding tert-OH is 1. The lowest BCUT2D eigenvalue weighted by molar-refractivity contribution is 0.0663. The van der Waals surface area contributed by atoms with Crippen LogP contribution < -0.4 is 9.64 Å². The number of piperazine rings is 1. The van der Waals surface area contributed by atoms with Gasteiger partial charge >= 0.3 is 0 Å². The molecule has 1 N–H and O–H groups in total. The fourth-order valence-corrected chi connectivity index (χ4v) is 3.90. The second-order valence-corrected chi connectivity index (χ2v) is 7.57. The Morgan fingerprint density at radius 1 is 1.08 bits per heavy atom. The van der Waals surface area contributed by atoms with Gasteiger partial charge in [-0.1, -0.05) is 18.2 Å². The maximum Gasteiger partial charge on any atom is 0.119 e. The van der Waals surface area contributed by atoms with Crippen LogP contribution in [0.4, 0.5) is 5.69 Å². The summed E-state index contributed by atoms with van der Waals surface area (Å²) in [6, 6.07) is 16.6. The van der Waals surface area contributed by atoms with E-state index < -0.39 is 6.10 Å². The van der Waals surface area contributed by atoms with Gasteiger partial charge in [0.05, 0.1) is 0 Å². The van der Waals surface area contributed by atoms with Crippen LogP contribution in [0.3, 0.4) is 0 Å². The second kappa shape index (κ2) is 9.31. The predicted octanol–water partition coefficient (Wildman–Crippen LogP) is 3.28. The fraction of sp³-hybridized carbons (Fsp3) is 0.429. The lowest BCUT2D eigenvalue weighted by atomic mass is 10.2. The van der Waals surface area contributed by atoms with Crippen LogP contribution in [0.1, 0.15) is 5.56 Å². The number of aryl methyl sites for hydroxylation is 1. The maximum absolute atomic E-state index is 10.3. The van der Waals surface area contributed by atoms with Gasteiger partial charge in [0.25, 0.3) is 0 Å². The highest BCUT2D eigenvalue weighted by molar-refractivity contribution is 7.98. The zero-order valence-corrected chi connectivity index (χ0v) is 16.4. The van der Waals surface area contributed by atoms with Crippen LogP contribution in [0.15, 0.2) is 53.4 Å². The summed E-state index contributed by atoms with van der Waals surface area (Å²) in [6.07, 6.45) is 1.60. The molecule has 1 atom stereocenters. The van der Waals surface area contributed by atoms with Crippen LogP contribution in [-0.4, -0.2) is 61.7 Å². The van der Waals surface area contributed by atoms with Crippen LogP contribution in [0.2, 0.25) is 0 Å². The molecule has 0 spiro atoms. The maximum atomic E-state index is 10.3. The Labute approximate surface area is 160 Å². The number of anilines is 1. The molecule has 1 saturated heterocycles. The molecule has 140 valence electrons. The number of β-amino-alcohol motifs (C(OH)–C–C–N with tert-alkyl or cyclic N) is 1. The topological polar surface area (TPSA) is 35.9 Å². The standard InChI is InChI=1S/C21H28N2O2S/c1-17-14-20(8-9-21(17)26-2)25-16-19(24)15-22-10-12-23(13-11-22)18-6-4-3-5-7-18/h3-9,14,19,24H,10-13,15-16H2,1-2H3. The van der Waals surface area contributed by atoms with E-state index in [1.54, 1.807) is 11.8 Å². The summed E-state index contributed by atoms with van der Waals surface area (Å²) in [5, 5.41) is 10.3. The lowest BCUT2D eigenvalue weighted by Gasteiger charge is -2.36. The summed E-state index contributed by atoms with van der Waals surface area (Å²) >= 11 is 1.73. The molecule has 0 amide bonds. The molecule has 0 bridgehead atoms. The molecule has 1 unspecified atom stereocenters. The van der Waals surface area contributed by atoms with E-state index in [0.717, 1.165) is 31.9 Å². The molecule has 0 radical (unpaired) electrons. The van der Waals surface area contributed by atoms with Crippen molar-refractivity contribution in [1.82, 2.24) is 4.90 Å². The van der Waals surface area contributed by atoms with Gasteiger partial charge in [0.2, 0.25) is 0 Å². The minimum Gasteiger partial charge on any atom is -0.491 e. The smallest absolute Gasteiger partial charge is 0.119 e. The molecule has 4 nitrogen and oxygen atoms in total.